The first-order chi connectivity index (χ1) is 15.1. The number of fused-ring (bicyclic) bond motifs is 1. The molecule has 3 aromatic carbocycles. The Kier molecular flexibility index (Phi) is 7.06. The molecule has 32 heavy (non-hydrogen) atoms. The van der Waals surface area contributed by atoms with Gasteiger partial charge in [0.15, 0.2) is 16.4 Å². The molecular weight excluding hydrogens is 454 g/mol. The largest absolute Gasteiger partial charge is 0.497 e. The molecule has 0 saturated carbocycles. The molecule has 0 fully saturated rings. The molecule has 0 spiro atoms. The van der Waals surface area contributed by atoms with Crippen molar-refractivity contribution in [3.63, 3.8) is 0 Å². The summed E-state index contributed by atoms with van der Waals surface area (Å²) in [6.45, 7) is -0.144. The highest BCUT2D eigenvalue weighted by molar-refractivity contribution is 7.90. The van der Waals surface area contributed by atoms with Crippen LogP contribution in [-0.4, -0.2) is 52.2 Å². The number of sulfone groups is 1. The number of carbonyl (C=O) groups excluding carboxylic acids is 2. The molecule has 0 bridgehead atoms. The van der Waals surface area contributed by atoms with Gasteiger partial charge in [-0.1, -0.05) is 29.8 Å². The fourth-order valence-corrected chi connectivity index (χ4v) is 4.40. The molecule has 0 atom stereocenters. The molecular formula is C23H22ClNO6S. The summed E-state index contributed by atoms with van der Waals surface area (Å²) in [4.78, 5) is 26.0. The first-order valence-corrected chi connectivity index (χ1v) is 11.8. The third-order valence-electron chi connectivity index (χ3n) is 4.85. The summed E-state index contributed by atoms with van der Waals surface area (Å²) in [5.41, 5.74) is 0.913. The van der Waals surface area contributed by atoms with Gasteiger partial charge in [0.1, 0.15) is 5.75 Å². The van der Waals surface area contributed by atoms with Gasteiger partial charge in [0, 0.05) is 19.8 Å². The summed E-state index contributed by atoms with van der Waals surface area (Å²) < 4.78 is 33.8. The highest BCUT2D eigenvalue weighted by Crippen LogP contribution is 2.24. The Balaban J connectivity index is 1.62. The predicted octanol–water partition coefficient (Wildman–Crippen LogP) is 3.72. The van der Waals surface area contributed by atoms with E-state index >= 15 is 0 Å². The second-order valence-corrected chi connectivity index (χ2v) is 9.68. The van der Waals surface area contributed by atoms with Gasteiger partial charge in [0.2, 0.25) is 0 Å². The van der Waals surface area contributed by atoms with Crippen LogP contribution in [0.5, 0.6) is 5.75 Å². The lowest BCUT2D eigenvalue weighted by molar-refractivity contribution is -0.133. The van der Waals surface area contributed by atoms with Crippen LogP contribution in [0.25, 0.3) is 10.8 Å². The van der Waals surface area contributed by atoms with Gasteiger partial charge in [-0.25, -0.2) is 13.2 Å². The summed E-state index contributed by atoms with van der Waals surface area (Å²) >= 11 is 5.88. The van der Waals surface area contributed by atoms with E-state index in [9.17, 15) is 18.0 Å². The Morgan fingerprint density at radius 3 is 2.38 bits per heavy atom. The van der Waals surface area contributed by atoms with E-state index < -0.39 is 28.3 Å². The average molecular weight is 476 g/mol. The van der Waals surface area contributed by atoms with Crippen molar-refractivity contribution < 1.29 is 27.5 Å². The highest BCUT2D eigenvalue weighted by atomic mass is 35.5. The van der Waals surface area contributed by atoms with Crippen LogP contribution < -0.4 is 4.74 Å². The van der Waals surface area contributed by atoms with E-state index in [2.05, 4.69) is 0 Å². The van der Waals surface area contributed by atoms with Crippen molar-refractivity contribution in [3.05, 3.63) is 70.7 Å². The monoisotopic (exact) mass is 475 g/mol. The van der Waals surface area contributed by atoms with Crippen LogP contribution in [-0.2, 0) is 25.9 Å². The third kappa shape index (κ3) is 5.57. The Labute approximate surface area is 191 Å². The zero-order valence-corrected chi connectivity index (χ0v) is 19.4. The van der Waals surface area contributed by atoms with Gasteiger partial charge >= 0.3 is 5.97 Å². The summed E-state index contributed by atoms with van der Waals surface area (Å²) in [6, 6.07) is 15.4. The summed E-state index contributed by atoms with van der Waals surface area (Å²) in [6.07, 6.45) is 0.991. The van der Waals surface area contributed by atoms with Crippen molar-refractivity contribution in [1.29, 1.82) is 0 Å². The quantitative estimate of drug-likeness (QED) is 0.484. The molecule has 0 unspecified atom stereocenters. The molecule has 0 aliphatic heterocycles. The average Bonchev–Trinajstić information content (AvgIpc) is 2.76. The Morgan fingerprint density at radius 2 is 1.69 bits per heavy atom. The van der Waals surface area contributed by atoms with Crippen LogP contribution >= 0.6 is 11.6 Å². The van der Waals surface area contributed by atoms with Crippen LogP contribution in [0, 0.1) is 0 Å². The highest BCUT2D eigenvalue weighted by Gasteiger charge is 2.18. The van der Waals surface area contributed by atoms with Crippen LogP contribution in [0.3, 0.4) is 0 Å². The maximum absolute atomic E-state index is 12.4. The summed E-state index contributed by atoms with van der Waals surface area (Å²) in [5, 5.41) is 2.04. The maximum atomic E-state index is 12.4. The van der Waals surface area contributed by atoms with Gasteiger partial charge in [-0.15, -0.1) is 0 Å². The fraction of sp³-hybridized carbons (Fsp3) is 0.217. The van der Waals surface area contributed by atoms with Crippen molar-refractivity contribution in [2.45, 2.75) is 11.4 Å². The van der Waals surface area contributed by atoms with Crippen LogP contribution in [0.4, 0.5) is 0 Å². The van der Waals surface area contributed by atoms with E-state index in [0.717, 1.165) is 34.4 Å². The number of carbonyl (C=O) groups is 2. The normalized spacial score (nSPS) is 11.2. The smallest absolute Gasteiger partial charge is 0.338 e. The molecule has 168 valence electrons. The number of halogens is 1. The van der Waals surface area contributed by atoms with Crippen molar-refractivity contribution in [2.75, 3.05) is 27.0 Å². The third-order valence-corrected chi connectivity index (χ3v) is 6.43. The number of amides is 1. The lowest BCUT2D eigenvalue weighted by Crippen LogP contribution is -2.30. The summed E-state index contributed by atoms with van der Waals surface area (Å²) in [7, 11) is -0.389. The number of nitrogens with zero attached hydrogens (tertiary/aromatic N) is 1. The first kappa shape index (κ1) is 23.6. The van der Waals surface area contributed by atoms with E-state index in [4.69, 9.17) is 21.1 Å². The van der Waals surface area contributed by atoms with Gasteiger partial charge in [-0.05, 0) is 52.7 Å². The van der Waals surface area contributed by atoms with E-state index in [0.29, 0.717) is 6.54 Å². The standard InChI is InChI=1S/C23H22ClNO6S/c1-25(13-15-4-5-17-11-19(30-2)8-6-16(17)10-15)22(26)14-31-23(27)18-7-9-20(24)21(12-18)32(3,28)29/h4-12H,13-14H2,1-3H3. The zero-order valence-electron chi connectivity index (χ0n) is 17.8. The maximum Gasteiger partial charge on any atom is 0.338 e. The van der Waals surface area contributed by atoms with Gasteiger partial charge in [-0.2, -0.15) is 0 Å². The van der Waals surface area contributed by atoms with Crippen molar-refractivity contribution in [3.8, 4) is 5.75 Å². The Bertz CT molecular complexity index is 1290. The molecule has 1 amide bonds. The number of likely N-dealkylation sites (N-methyl/N-ethyl adjacent to an activating group) is 1. The second kappa shape index (κ2) is 9.58. The van der Waals surface area contributed by atoms with Crippen molar-refractivity contribution in [2.24, 2.45) is 0 Å². The van der Waals surface area contributed by atoms with E-state index in [1.54, 1.807) is 14.2 Å². The zero-order chi connectivity index (χ0) is 23.5. The lowest BCUT2D eigenvalue weighted by atomic mass is 10.1. The molecule has 3 aromatic rings. The van der Waals surface area contributed by atoms with Crippen LogP contribution in [0.2, 0.25) is 5.02 Å². The molecule has 0 aliphatic carbocycles. The lowest BCUT2D eigenvalue weighted by Gasteiger charge is -2.18. The van der Waals surface area contributed by atoms with Gasteiger partial charge < -0.3 is 14.4 Å². The Morgan fingerprint density at radius 1 is 1.00 bits per heavy atom. The molecule has 0 N–H and O–H groups in total. The number of hydrogen-bond donors (Lipinski definition) is 0. The molecule has 0 radical (unpaired) electrons. The molecule has 3 rings (SSSR count). The molecule has 0 aromatic heterocycles. The van der Waals surface area contributed by atoms with Gasteiger partial charge in [0.25, 0.3) is 5.91 Å². The minimum atomic E-state index is -3.61. The molecule has 0 heterocycles. The van der Waals surface area contributed by atoms with Crippen molar-refractivity contribution in [1.82, 2.24) is 4.90 Å². The SMILES string of the molecule is COc1ccc2cc(CN(C)C(=O)COC(=O)c3ccc(Cl)c(S(C)(=O)=O)c3)ccc2c1. The van der Waals surface area contributed by atoms with E-state index in [-0.39, 0.29) is 15.5 Å². The van der Waals surface area contributed by atoms with E-state index in [1.807, 2.05) is 36.4 Å². The van der Waals surface area contributed by atoms with Gasteiger partial charge in [-0.3, -0.25) is 4.79 Å². The second-order valence-electron chi connectivity index (χ2n) is 7.29. The Hall–Kier alpha value is -3.10. The topological polar surface area (TPSA) is 90.0 Å². The van der Waals surface area contributed by atoms with Crippen LogP contribution in [0.1, 0.15) is 15.9 Å². The molecule has 0 saturated heterocycles. The minimum absolute atomic E-state index is 0.00441. The number of ether oxygens (including phenoxy) is 2. The minimum Gasteiger partial charge on any atom is -0.497 e. The van der Waals surface area contributed by atoms with Crippen LogP contribution in [0.15, 0.2) is 59.5 Å². The van der Waals surface area contributed by atoms with Gasteiger partial charge in [0.05, 0.1) is 22.6 Å². The number of methoxy groups -OCH3 is 1. The molecule has 7 nitrogen and oxygen atoms in total. The fourth-order valence-electron chi connectivity index (χ4n) is 3.10. The number of rotatable bonds is 7. The number of hydrogen-bond acceptors (Lipinski definition) is 6. The predicted molar refractivity (Wildman–Crippen MR) is 122 cm³/mol. The first-order valence-electron chi connectivity index (χ1n) is 9.56. The van der Waals surface area contributed by atoms with E-state index in [1.165, 1.54) is 17.0 Å². The summed E-state index contributed by atoms with van der Waals surface area (Å²) in [5.74, 6) is -0.442. The van der Waals surface area contributed by atoms with Crippen molar-refractivity contribution >= 4 is 44.1 Å². The number of benzene rings is 3. The molecule has 0 aliphatic rings. The number of esters is 1. The molecule has 9 heteroatoms.